The van der Waals surface area contributed by atoms with E-state index in [1.165, 1.54) is 0 Å². The Morgan fingerprint density at radius 3 is 1.83 bits per heavy atom. The van der Waals surface area contributed by atoms with Crippen LogP contribution in [0.5, 0.6) is 0 Å². The molecule has 0 fully saturated rings. The van der Waals surface area contributed by atoms with Gasteiger partial charge in [-0.15, -0.1) is 0 Å². The monoisotopic (exact) mass is 498 g/mol. The maximum atomic E-state index is 13.4. The standard InChI is InChI=1S/C28H54N2O5/c1-13-19(6)21(22(34-12)16-23(31)35-28(8,9)10)15-14-20(7)26(32)24(17(2)3)30-27(33)25(29-11)18(4)5/h17-22,24-25,29H,13-16H2,1-12H3,(H,30,33). The van der Waals surface area contributed by atoms with E-state index < -0.39 is 11.6 Å². The molecular formula is C28H54N2O5. The van der Waals surface area contributed by atoms with Crippen molar-refractivity contribution in [2.24, 2.45) is 29.6 Å². The Balaban J connectivity index is 5.40. The molecule has 7 nitrogen and oxygen atoms in total. The zero-order valence-corrected chi connectivity index (χ0v) is 24.5. The molecule has 206 valence electrons. The van der Waals surface area contributed by atoms with Gasteiger partial charge in [0.25, 0.3) is 0 Å². The fraction of sp³-hybridized carbons (Fsp3) is 0.893. The normalized spacial score (nSPS) is 17.4. The predicted octanol–water partition coefficient (Wildman–Crippen LogP) is 4.77. The second kappa shape index (κ2) is 15.6. The molecule has 0 saturated heterocycles. The molecule has 2 N–H and O–H groups in total. The molecule has 0 saturated carbocycles. The number of carbonyl (C=O) groups is 3. The Morgan fingerprint density at radius 2 is 1.43 bits per heavy atom. The summed E-state index contributed by atoms with van der Waals surface area (Å²) >= 11 is 0. The molecule has 0 aliphatic rings. The number of amides is 1. The quantitative estimate of drug-likeness (QED) is 0.298. The van der Waals surface area contributed by atoms with E-state index in [4.69, 9.17) is 9.47 Å². The number of ether oxygens (including phenoxy) is 2. The largest absolute Gasteiger partial charge is 0.460 e. The average Bonchev–Trinajstić information content (AvgIpc) is 2.74. The summed E-state index contributed by atoms with van der Waals surface area (Å²) in [6.07, 6.45) is 2.29. The molecular weight excluding hydrogens is 444 g/mol. The van der Waals surface area contributed by atoms with E-state index in [2.05, 4.69) is 24.5 Å². The van der Waals surface area contributed by atoms with Gasteiger partial charge in [-0.25, -0.2) is 0 Å². The number of nitrogens with one attached hydrogen (secondary N) is 2. The van der Waals surface area contributed by atoms with Gasteiger partial charge in [-0.1, -0.05) is 54.9 Å². The highest BCUT2D eigenvalue weighted by Crippen LogP contribution is 2.30. The van der Waals surface area contributed by atoms with E-state index in [9.17, 15) is 14.4 Å². The van der Waals surface area contributed by atoms with Crippen molar-refractivity contribution in [3.05, 3.63) is 0 Å². The summed E-state index contributed by atoms with van der Waals surface area (Å²) in [6.45, 7) is 19.7. The first-order valence-electron chi connectivity index (χ1n) is 13.3. The first-order chi connectivity index (χ1) is 16.1. The number of hydrogen-bond donors (Lipinski definition) is 2. The van der Waals surface area contributed by atoms with Crippen LogP contribution in [0.25, 0.3) is 0 Å². The van der Waals surface area contributed by atoms with Gasteiger partial charge < -0.3 is 20.1 Å². The van der Waals surface area contributed by atoms with Crippen LogP contribution >= 0.6 is 0 Å². The van der Waals surface area contributed by atoms with E-state index in [1.807, 2.05) is 55.4 Å². The second-order valence-electron chi connectivity index (χ2n) is 11.7. The van der Waals surface area contributed by atoms with Crippen molar-refractivity contribution in [3.8, 4) is 0 Å². The van der Waals surface area contributed by atoms with Gasteiger partial charge in [0.1, 0.15) is 5.60 Å². The summed E-state index contributed by atoms with van der Waals surface area (Å²) < 4.78 is 11.3. The number of esters is 1. The van der Waals surface area contributed by atoms with Crippen molar-refractivity contribution >= 4 is 17.7 Å². The first kappa shape index (κ1) is 33.5. The van der Waals surface area contributed by atoms with Crippen LogP contribution in [0.15, 0.2) is 0 Å². The van der Waals surface area contributed by atoms with Crippen molar-refractivity contribution < 1.29 is 23.9 Å². The molecule has 0 aromatic heterocycles. The van der Waals surface area contributed by atoms with Crippen molar-refractivity contribution in [1.29, 1.82) is 0 Å². The minimum Gasteiger partial charge on any atom is -0.460 e. The number of likely N-dealkylation sites (N-methyl/N-ethyl adjacent to an activating group) is 1. The van der Waals surface area contributed by atoms with Crippen LogP contribution in [0.2, 0.25) is 0 Å². The molecule has 0 heterocycles. The van der Waals surface area contributed by atoms with Crippen molar-refractivity contribution in [2.45, 2.75) is 119 Å². The Kier molecular flexibility index (Phi) is 14.9. The van der Waals surface area contributed by atoms with Crippen LogP contribution < -0.4 is 10.6 Å². The lowest BCUT2D eigenvalue weighted by Crippen LogP contribution is -2.54. The summed E-state index contributed by atoms with van der Waals surface area (Å²) in [5.41, 5.74) is -0.541. The third kappa shape index (κ3) is 11.9. The molecule has 0 aliphatic heterocycles. The molecule has 35 heavy (non-hydrogen) atoms. The highest BCUT2D eigenvalue weighted by Gasteiger charge is 2.34. The minimum absolute atomic E-state index is 0.0113. The number of carbonyl (C=O) groups excluding carboxylic acids is 3. The molecule has 0 aliphatic carbocycles. The summed E-state index contributed by atoms with van der Waals surface area (Å²) in [4.78, 5) is 38.7. The zero-order valence-electron chi connectivity index (χ0n) is 24.5. The number of Topliss-reactive ketones (excluding diaryl/α,β-unsaturated/α-hetero) is 1. The summed E-state index contributed by atoms with van der Waals surface area (Å²) in [6, 6.07) is -0.876. The molecule has 1 amide bonds. The Morgan fingerprint density at radius 1 is 0.886 bits per heavy atom. The van der Waals surface area contributed by atoms with Gasteiger partial charge in [-0.05, 0) is 64.3 Å². The Labute approximate surface area is 214 Å². The fourth-order valence-electron chi connectivity index (χ4n) is 4.56. The predicted molar refractivity (Wildman–Crippen MR) is 142 cm³/mol. The Hall–Kier alpha value is -1.47. The van der Waals surface area contributed by atoms with E-state index in [0.29, 0.717) is 12.3 Å². The van der Waals surface area contributed by atoms with Gasteiger partial charge >= 0.3 is 5.97 Å². The third-order valence-corrected chi connectivity index (χ3v) is 6.89. The molecule has 6 atom stereocenters. The van der Waals surface area contributed by atoms with Crippen LogP contribution in [-0.2, 0) is 23.9 Å². The zero-order chi connectivity index (χ0) is 27.5. The Bertz CT molecular complexity index is 656. The van der Waals surface area contributed by atoms with Gasteiger partial charge in [0.15, 0.2) is 5.78 Å². The first-order valence-corrected chi connectivity index (χ1v) is 13.3. The van der Waals surface area contributed by atoms with E-state index in [1.54, 1.807) is 14.2 Å². The molecule has 0 bridgehead atoms. The van der Waals surface area contributed by atoms with E-state index >= 15 is 0 Å². The fourth-order valence-corrected chi connectivity index (χ4v) is 4.56. The highest BCUT2D eigenvalue weighted by molar-refractivity contribution is 5.92. The molecule has 0 spiro atoms. The van der Waals surface area contributed by atoms with Gasteiger partial charge in [-0.2, -0.15) is 0 Å². The topological polar surface area (TPSA) is 93.7 Å². The smallest absolute Gasteiger partial charge is 0.308 e. The molecule has 6 unspecified atom stereocenters. The van der Waals surface area contributed by atoms with E-state index in [0.717, 1.165) is 12.8 Å². The second-order valence-corrected chi connectivity index (χ2v) is 11.7. The number of hydrogen-bond acceptors (Lipinski definition) is 6. The maximum absolute atomic E-state index is 13.4. The van der Waals surface area contributed by atoms with Crippen molar-refractivity contribution in [3.63, 3.8) is 0 Å². The maximum Gasteiger partial charge on any atom is 0.308 e. The van der Waals surface area contributed by atoms with Gasteiger partial charge in [0.05, 0.1) is 24.6 Å². The summed E-state index contributed by atoms with van der Waals surface area (Å²) in [5.74, 6) is -0.0291. The molecule has 0 rings (SSSR count). The number of ketones is 1. The molecule has 7 heteroatoms. The van der Waals surface area contributed by atoms with Crippen LogP contribution in [0.3, 0.4) is 0 Å². The lowest BCUT2D eigenvalue weighted by molar-refractivity contribution is -0.159. The third-order valence-electron chi connectivity index (χ3n) is 6.89. The van der Waals surface area contributed by atoms with E-state index in [-0.39, 0.29) is 59.9 Å². The summed E-state index contributed by atoms with van der Waals surface area (Å²) in [7, 11) is 3.40. The molecule has 0 aromatic carbocycles. The van der Waals surface area contributed by atoms with Gasteiger partial charge in [-0.3, -0.25) is 14.4 Å². The van der Waals surface area contributed by atoms with Crippen LogP contribution in [0.1, 0.15) is 94.9 Å². The van der Waals surface area contributed by atoms with Crippen LogP contribution in [0.4, 0.5) is 0 Å². The number of rotatable bonds is 16. The van der Waals surface area contributed by atoms with Gasteiger partial charge in [0.2, 0.25) is 5.91 Å². The number of methoxy groups -OCH3 is 1. The SMILES string of the molecule is CCC(C)C(CCC(C)C(=O)C(NC(=O)C(NC)C(C)C)C(C)C)C(CC(=O)OC(C)(C)C)OC. The molecule has 0 aromatic rings. The van der Waals surface area contributed by atoms with Crippen molar-refractivity contribution in [1.82, 2.24) is 10.6 Å². The molecule has 0 radical (unpaired) electrons. The average molecular weight is 499 g/mol. The van der Waals surface area contributed by atoms with Crippen molar-refractivity contribution in [2.75, 3.05) is 14.2 Å². The van der Waals surface area contributed by atoms with Crippen LogP contribution in [-0.4, -0.2) is 55.6 Å². The van der Waals surface area contributed by atoms with Crippen LogP contribution in [0, 0.1) is 29.6 Å². The minimum atomic E-state index is -0.541. The highest BCUT2D eigenvalue weighted by atomic mass is 16.6. The lowest BCUT2D eigenvalue weighted by Gasteiger charge is -2.32. The summed E-state index contributed by atoms with van der Waals surface area (Å²) in [5, 5.41) is 6.04. The lowest BCUT2D eigenvalue weighted by atomic mass is 9.79. The van der Waals surface area contributed by atoms with Gasteiger partial charge in [0, 0.05) is 13.0 Å².